The molecule has 28 heavy (non-hydrogen) atoms. The normalized spacial score (nSPS) is 27.4. The lowest BCUT2D eigenvalue weighted by molar-refractivity contribution is -0.143. The Morgan fingerprint density at radius 3 is 2.25 bits per heavy atom. The molecule has 154 valence electrons. The number of carbonyl (C=O) groups is 1. The van der Waals surface area contributed by atoms with Crippen LogP contribution in [0.1, 0.15) is 51.4 Å². The first-order valence-corrected chi connectivity index (χ1v) is 12.0. The molecule has 3 aliphatic rings. The van der Waals surface area contributed by atoms with Crippen LogP contribution in [0.15, 0.2) is 29.2 Å². The molecular weight excluding hydrogens is 379 g/mol. The third kappa shape index (κ3) is 3.83. The van der Waals surface area contributed by atoms with E-state index >= 15 is 0 Å². The number of piperidine rings is 2. The Kier molecular flexibility index (Phi) is 5.74. The Hall–Kier alpha value is -1.47. The van der Waals surface area contributed by atoms with Crippen molar-refractivity contribution in [3.05, 3.63) is 30.1 Å². The van der Waals surface area contributed by atoms with E-state index < -0.39 is 15.8 Å². The molecule has 4 rings (SSSR count). The zero-order valence-corrected chi connectivity index (χ0v) is 17.0. The summed E-state index contributed by atoms with van der Waals surface area (Å²) in [6.45, 7) is 1.55. The van der Waals surface area contributed by atoms with Crippen LogP contribution in [0.3, 0.4) is 0 Å². The second kappa shape index (κ2) is 8.11. The molecule has 0 spiro atoms. The summed E-state index contributed by atoms with van der Waals surface area (Å²) in [5, 5.41) is 0. The van der Waals surface area contributed by atoms with Crippen molar-refractivity contribution in [3.63, 3.8) is 0 Å². The van der Waals surface area contributed by atoms with Crippen molar-refractivity contribution in [2.24, 2.45) is 11.8 Å². The number of amides is 1. The fourth-order valence-electron chi connectivity index (χ4n) is 5.23. The van der Waals surface area contributed by atoms with Gasteiger partial charge in [0.1, 0.15) is 5.82 Å². The highest BCUT2D eigenvalue weighted by atomic mass is 32.2. The predicted octanol–water partition coefficient (Wildman–Crippen LogP) is 3.41. The minimum Gasteiger partial charge on any atom is -0.339 e. The monoisotopic (exact) mass is 408 g/mol. The van der Waals surface area contributed by atoms with Gasteiger partial charge in [0, 0.05) is 31.6 Å². The van der Waals surface area contributed by atoms with Crippen LogP contribution < -0.4 is 0 Å². The number of likely N-dealkylation sites (tertiary alicyclic amines) is 1. The van der Waals surface area contributed by atoms with Crippen molar-refractivity contribution in [2.75, 3.05) is 19.6 Å². The van der Waals surface area contributed by atoms with E-state index in [2.05, 4.69) is 4.90 Å². The summed E-state index contributed by atoms with van der Waals surface area (Å²) >= 11 is 0. The number of carbonyl (C=O) groups excluding carboxylic acids is 1. The molecule has 0 bridgehead atoms. The van der Waals surface area contributed by atoms with Gasteiger partial charge < -0.3 is 4.90 Å². The van der Waals surface area contributed by atoms with Gasteiger partial charge >= 0.3 is 0 Å². The first-order valence-electron chi connectivity index (χ1n) is 10.5. The molecule has 0 N–H and O–H groups in total. The minimum absolute atomic E-state index is 0.0830. The predicted molar refractivity (Wildman–Crippen MR) is 105 cm³/mol. The number of nitrogens with zero attached hydrogens (tertiary/aromatic N) is 2. The summed E-state index contributed by atoms with van der Waals surface area (Å²) in [5.74, 6) is 0.354. The van der Waals surface area contributed by atoms with Crippen LogP contribution in [0.4, 0.5) is 4.39 Å². The highest BCUT2D eigenvalue weighted by Gasteiger charge is 2.39. The molecule has 1 aromatic carbocycles. The lowest BCUT2D eigenvalue weighted by Gasteiger charge is -2.46. The summed E-state index contributed by atoms with van der Waals surface area (Å²) in [7, 11) is -3.63. The van der Waals surface area contributed by atoms with E-state index in [1.165, 1.54) is 54.3 Å². The Bertz CT molecular complexity index is 801. The van der Waals surface area contributed by atoms with Gasteiger partial charge in [0.25, 0.3) is 0 Å². The number of rotatable bonds is 3. The van der Waals surface area contributed by atoms with E-state index in [1.54, 1.807) is 0 Å². The third-order valence-electron chi connectivity index (χ3n) is 6.78. The Balaban J connectivity index is 1.39. The lowest BCUT2D eigenvalue weighted by Crippen LogP contribution is -2.53. The molecule has 1 amide bonds. The summed E-state index contributed by atoms with van der Waals surface area (Å²) in [4.78, 5) is 15.4. The Morgan fingerprint density at radius 2 is 1.54 bits per heavy atom. The van der Waals surface area contributed by atoms with Crippen LogP contribution in [-0.4, -0.2) is 49.2 Å². The van der Waals surface area contributed by atoms with Crippen molar-refractivity contribution in [2.45, 2.75) is 62.3 Å². The van der Waals surface area contributed by atoms with Gasteiger partial charge in [0.05, 0.1) is 4.90 Å². The highest BCUT2D eigenvalue weighted by Crippen LogP contribution is 2.37. The van der Waals surface area contributed by atoms with Crippen molar-refractivity contribution >= 4 is 15.9 Å². The van der Waals surface area contributed by atoms with Gasteiger partial charge in [0.15, 0.2) is 0 Å². The van der Waals surface area contributed by atoms with Crippen molar-refractivity contribution in [3.8, 4) is 0 Å². The van der Waals surface area contributed by atoms with Crippen LogP contribution in [0, 0.1) is 17.7 Å². The van der Waals surface area contributed by atoms with Crippen molar-refractivity contribution in [1.29, 1.82) is 0 Å². The highest BCUT2D eigenvalue weighted by molar-refractivity contribution is 7.89. The average molecular weight is 409 g/mol. The van der Waals surface area contributed by atoms with Crippen LogP contribution in [0.5, 0.6) is 0 Å². The van der Waals surface area contributed by atoms with Gasteiger partial charge in [-0.3, -0.25) is 4.79 Å². The maximum atomic E-state index is 13.2. The molecule has 2 saturated heterocycles. The molecule has 5 nitrogen and oxygen atoms in total. The van der Waals surface area contributed by atoms with Gasteiger partial charge in [-0.2, -0.15) is 4.31 Å². The molecule has 7 heteroatoms. The van der Waals surface area contributed by atoms with Gasteiger partial charge in [-0.25, -0.2) is 12.8 Å². The molecule has 1 aliphatic carbocycles. The van der Waals surface area contributed by atoms with Crippen molar-refractivity contribution in [1.82, 2.24) is 9.21 Å². The number of halogens is 1. The number of hydrogen-bond donors (Lipinski definition) is 0. The van der Waals surface area contributed by atoms with E-state index in [-0.39, 0.29) is 16.7 Å². The van der Waals surface area contributed by atoms with Gasteiger partial charge in [-0.05, 0) is 68.7 Å². The fraction of sp³-hybridized carbons (Fsp3) is 0.667. The number of hydrogen-bond acceptors (Lipinski definition) is 3. The number of sulfonamides is 1. The van der Waals surface area contributed by atoms with E-state index in [9.17, 15) is 17.6 Å². The maximum absolute atomic E-state index is 13.2. The van der Waals surface area contributed by atoms with Gasteiger partial charge in [0.2, 0.25) is 15.9 Å². The van der Waals surface area contributed by atoms with E-state index in [0.29, 0.717) is 37.9 Å². The van der Waals surface area contributed by atoms with Crippen molar-refractivity contribution < 1.29 is 17.6 Å². The SMILES string of the molecule is O=C(C1CCN(S(=O)(=O)c2ccc(F)cc2)CC1)N1CCC[C@@H]2CCCC[C@H]21. The topological polar surface area (TPSA) is 57.7 Å². The van der Waals surface area contributed by atoms with Crippen LogP contribution in [-0.2, 0) is 14.8 Å². The van der Waals surface area contributed by atoms with Crippen LogP contribution in [0.2, 0.25) is 0 Å². The molecule has 2 atom stereocenters. The molecule has 0 radical (unpaired) electrons. The molecule has 3 fully saturated rings. The molecule has 1 aromatic rings. The Labute approximate surface area is 166 Å². The molecule has 0 unspecified atom stereocenters. The van der Waals surface area contributed by atoms with Gasteiger partial charge in [-0.1, -0.05) is 12.8 Å². The smallest absolute Gasteiger partial charge is 0.243 e. The quantitative estimate of drug-likeness (QED) is 0.770. The maximum Gasteiger partial charge on any atom is 0.243 e. The summed E-state index contributed by atoms with van der Waals surface area (Å²) in [6.07, 6.45) is 8.30. The van der Waals surface area contributed by atoms with Crippen LogP contribution in [0.25, 0.3) is 0 Å². The largest absolute Gasteiger partial charge is 0.339 e. The van der Waals surface area contributed by atoms with E-state index in [0.717, 1.165) is 19.4 Å². The van der Waals surface area contributed by atoms with Crippen LogP contribution >= 0.6 is 0 Å². The second-order valence-electron chi connectivity index (χ2n) is 8.42. The average Bonchev–Trinajstić information content (AvgIpc) is 2.73. The molecule has 2 heterocycles. The fourth-order valence-corrected chi connectivity index (χ4v) is 6.70. The second-order valence-corrected chi connectivity index (χ2v) is 10.4. The van der Waals surface area contributed by atoms with E-state index in [1.807, 2.05) is 0 Å². The summed E-state index contributed by atoms with van der Waals surface area (Å²) < 4.78 is 40.1. The zero-order valence-electron chi connectivity index (χ0n) is 16.2. The minimum atomic E-state index is -3.63. The molecule has 2 aliphatic heterocycles. The van der Waals surface area contributed by atoms with Gasteiger partial charge in [-0.15, -0.1) is 0 Å². The zero-order chi connectivity index (χ0) is 19.7. The first kappa shape index (κ1) is 19.8. The Morgan fingerprint density at radius 1 is 0.893 bits per heavy atom. The van der Waals surface area contributed by atoms with E-state index in [4.69, 9.17) is 0 Å². The lowest BCUT2D eigenvalue weighted by atomic mass is 9.77. The number of benzene rings is 1. The molecule has 1 saturated carbocycles. The molecular formula is C21H29FN2O3S. The summed E-state index contributed by atoms with van der Waals surface area (Å²) in [6, 6.07) is 5.34. The summed E-state index contributed by atoms with van der Waals surface area (Å²) in [5.41, 5.74) is 0. The first-order chi connectivity index (χ1) is 13.5. The standard InChI is InChI=1S/C21H29FN2O3S/c22-18-7-9-19(10-8-18)28(26,27)23-14-11-17(12-15-23)21(25)24-13-3-5-16-4-1-2-6-20(16)24/h7-10,16-17,20H,1-6,11-15H2/t16-,20+/m0/s1. The number of fused-ring (bicyclic) bond motifs is 1. The third-order valence-corrected chi connectivity index (χ3v) is 8.69. The molecule has 0 aromatic heterocycles.